The summed E-state index contributed by atoms with van der Waals surface area (Å²) < 4.78 is 47.9. The summed E-state index contributed by atoms with van der Waals surface area (Å²) in [6.45, 7) is 17.6. The van der Waals surface area contributed by atoms with E-state index >= 15 is 0 Å². The Labute approximate surface area is 701 Å². The van der Waals surface area contributed by atoms with Gasteiger partial charge in [0.25, 0.3) is 0 Å². The van der Waals surface area contributed by atoms with Crippen LogP contribution in [0.5, 0.6) is 51.7 Å². The molecular formula is C91H112ClN9O18. The van der Waals surface area contributed by atoms with E-state index in [1.165, 1.54) is 16.7 Å². The van der Waals surface area contributed by atoms with E-state index in [0.717, 1.165) is 80.2 Å². The average Bonchev–Trinajstić information content (AvgIpc) is 1.66. The lowest BCUT2D eigenvalue weighted by Gasteiger charge is -2.20. The third-order valence-electron chi connectivity index (χ3n) is 19.4. The van der Waals surface area contributed by atoms with Gasteiger partial charge >= 0.3 is 0 Å². The van der Waals surface area contributed by atoms with Gasteiger partial charge in [-0.05, 0) is 185 Å². The first-order valence-electron chi connectivity index (χ1n) is 39.0. The molecule has 8 aromatic carbocycles. The Morgan fingerprint density at radius 3 is 1.23 bits per heavy atom. The number of nitrogens with zero attached hydrogens (tertiary/aromatic N) is 2. The number of aryl methyl sites for hydroxylation is 1. The van der Waals surface area contributed by atoms with E-state index in [0.29, 0.717) is 79.6 Å². The average molecular weight is 1660 g/mol. The van der Waals surface area contributed by atoms with Crippen LogP contribution in [0, 0.1) is 24.2 Å². The first kappa shape index (κ1) is 95.3. The number of nitrogens with one attached hydrogen (secondary N) is 1. The molecule has 0 bridgehead atoms. The normalized spacial score (nSPS) is 15.1. The Hall–Kier alpha value is -12.5. The van der Waals surface area contributed by atoms with Crippen LogP contribution in [-0.2, 0) is 45.0 Å². The fourth-order valence-electron chi connectivity index (χ4n) is 12.5. The van der Waals surface area contributed by atoms with Crippen molar-refractivity contribution in [2.75, 3.05) is 54.7 Å². The zero-order valence-corrected chi connectivity index (χ0v) is 70.1. The zero-order chi connectivity index (χ0) is 87.4. The molecule has 13 rings (SSSR count). The van der Waals surface area contributed by atoms with Crippen molar-refractivity contribution in [3.63, 3.8) is 0 Å². The minimum atomic E-state index is -0.392. The summed E-state index contributed by atoms with van der Waals surface area (Å²) in [4.78, 5) is 88.9. The van der Waals surface area contributed by atoms with Crippen LogP contribution in [0.3, 0.4) is 0 Å². The fraction of sp³-hybridized carbons (Fsp3) is 0.374. The Morgan fingerprint density at radius 1 is 0.471 bits per heavy atom. The van der Waals surface area contributed by atoms with E-state index in [9.17, 15) is 38.4 Å². The smallest absolute Gasteiger partial charge is 0.231 e. The van der Waals surface area contributed by atoms with Crippen LogP contribution in [0.4, 0.5) is 0 Å². The van der Waals surface area contributed by atoms with Gasteiger partial charge in [-0.25, -0.2) is 0 Å². The molecule has 28 heteroatoms. The summed E-state index contributed by atoms with van der Waals surface area (Å²) in [6, 6.07) is 55.4. The minimum Gasteiger partial charge on any atom is -0.490 e. The molecule has 1 fully saturated rings. The van der Waals surface area contributed by atoms with Crippen molar-refractivity contribution in [1.29, 1.82) is 5.26 Å². The molecule has 1 aliphatic carbocycles. The van der Waals surface area contributed by atoms with Crippen molar-refractivity contribution in [1.82, 2.24) is 10.2 Å². The number of carbonyl (C=O) groups excluding carboxylic acids is 8. The largest absolute Gasteiger partial charge is 0.490 e. The number of hydrogen-bond donors (Lipinski definition) is 8. The van der Waals surface area contributed by atoms with Gasteiger partial charge in [0.1, 0.15) is 25.1 Å². The summed E-state index contributed by atoms with van der Waals surface area (Å²) >= 11 is 5.93. The molecule has 636 valence electrons. The number of ether oxygens (including phenoxy) is 9. The van der Waals surface area contributed by atoms with Crippen molar-refractivity contribution in [2.24, 2.45) is 40.3 Å². The van der Waals surface area contributed by atoms with E-state index < -0.39 is 5.91 Å². The minimum absolute atomic E-state index is 0.0465. The topological polar surface area (TPSA) is 435 Å². The van der Waals surface area contributed by atoms with Gasteiger partial charge in [-0.3, -0.25) is 38.4 Å². The molecule has 14 N–H and O–H groups in total. The van der Waals surface area contributed by atoms with E-state index in [2.05, 4.69) is 11.4 Å². The van der Waals surface area contributed by atoms with Gasteiger partial charge in [0, 0.05) is 70.6 Å². The van der Waals surface area contributed by atoms with Gasteiger partial charge < -0.3 is 92.4 Å². The number of primary amides is 6. The second-order valence-corrected chi connectivity index (χ2v) is 30.0. The van der Waals surface area contributed by atoms with Crippen LogP contribution < -0.4 is 82.4 Å². The Kier molecular flexibility index (Phi) is 38.6. The molecule has 9 atom stereocenters. The maximum absolute atomic E-state index is 11.6. The van der Waals surface area contributed by atoms with Gasteiger partial charge in [0.15, 0.2) is 46.0 Å². The zero-order valence-electron chi connectivity index (χ0n) is 69.4. The van der Waals surface area contributed by atoms with Crippen molar-refractivity contribution in [2.45, 2.75) is 161 Å². The van der Waals surface area contributed by atoms with Crippen LogP contribution in [0.2, 0.25) is 5.02 Å². The molecule has 27 nitrogen and oxygen atoms in total. The van der Waals surface area contributed by atoms with Gasteiger partial charge in [-0.1, -0.05) is 150 Å². The van der Waals surface area contributed by atoms with E-state index in [-0.39, 0.29) is 122 Å². The van der Waals surface area contributed by atoms with E-state index in [4.69, 9.17) is 99.0 Å². The highest BCUT2D eigenvalue weighted by Gasteiger charge is 2.42. The fourth-order valence-corrected chi connectivity index (χ4v) is 12.7. The van der Waals surface area contributed by atoms with Crippen LogP contribution in [0.1, 0.15) is 197 Å². The summed E-state index contributed by atoms with van der Waals surface area (Å²) in [5.74, 6) is 6.52. The highest BCUT2D eigenvalue weighted by atomic mass is 35.5. The van der Waals surface area contributed by atoms with Crippen LogP contribution in [-0.4, -0.2) is 118 Å². The maximum Gasteiger partial charge on any atom is 0.231 e. The van der Waals surface area contributed by atoms with Crippen molar-refractivity contribution >= 4 is 58.9 Å². The number of hydrogen-bond acceptors (Lipinski definition) is 19. The standard InChI is InChI=1S/C13H17NO3.2C12H15NO3.C11H14ClNO2.C11H12N2O2.C11H13NO3.C11H15NO.C10H11NO/c1-9(6-13(15)14(2)3)10-4-5-11-12(7-10)17-8-16-11;1-8(5-12(14)13-2)9-3-4-10-11(6-9)16-7-15-10;1-8(6-12(13)14)9-2-3-10-11(7-9)16-5-4-15-10;1-7(4-11(13)15)8-2-3-9(6-14)10(12)5-8;1-8(6-11(13)14)15-10-4-2-9(7-12)3-5-10;1-7(4-11(12)13)8-2-3-9-10(5-8)15-6-14-9;1-8-4-3-5-10(6-8)9(2)7-11(12)13;11-10(12)9-6-8(9)7-4-2-1-3-5-7/h4-5,7,9H,6,8H2,1-3H3;3-4,6,8H,5,7H2,1-2H3,(H,13,14);2-3,7-8H,4-6H2,1H3,(H2,13,14);2-3,5,7,14H,4,6H2,1H3,(H2,13,15);2-5,8H,6H2,1H3,(H2,13,14);2-3,5,7H,4,6H2,1H3,(H2,12,13);3-6,9H,7H2,1-2H3,(H2,12,13);1-5,8-9H,6H2,(H2,11,12)/t;;;;;;;8-,9+/m.......0/s1. The number of aliphatic hydroxyl groups excluding tert-OH is 1. The molecular weight excluding hydrogens is 1540 g/mol. The molecule has 8 amide bonds. The van der Waals surface area contributed by atoms with E-state index in [1.54, 1.807) is 69.4 Å². The third kappa shape index (κ3) is 32.8. The van der Waals surface area contributed by atoms with Crippen LogP contribution in [0.15, 0.2) is 170 Å². The quantitative estimate of drug-likeness (QED) is 0.0263. The van der Waals surface area contributed by atoms with Crippen LogP contribution >= 0.6 is 11.6 Å². The molecule has 1 saturated carbocycles. The SMILES string of the molecule is CC(CC(=O)N(C)C)c1ccc2c(c1)OCO2.CC(CC(N)=O)Oc1ccc(C#N)cc1.CC(CC(N)=O)c1ccc(CO)c(Cl)c1.CC(CC(N)=O)c1ccc2c(c1)OCCO2.CC(CC(N)=O)c1ccc2c(c1)OCO2.CNC(=O)CC(C)c1ccc2c(c1)OCO2.Cc1cccc(C(C)CC(N)=O)c1.NC(=O)[C@@H]1C[C@H]1c1ccccc1. The predicted octanol–water partition coefficient (Wildman–Crippen LogP) is 12.7. The monoisotopic (exact) mass is 1650 g/mol. The molecule has 0 radical (unpaired) electrons. The molecule has 8 aromatic rings. The lowest BCUT2D eigenvalue weighted by Crippen LogP contribution is -2.22. The highest BCUT2D eigenvalue weighted by Crippen LogP contribution is 2.47. The molecule has 4 aliphatic heterocycles. The van der Waals surface area contributed by atoms with Crippen LogP contribution in [0.25, 0.3) is 0 Å². The second-order valence-electron chi connectivity index (χ2n) is 29.6. The molecule has 0 spiro atoms. The second kappa shape index (κ2) is 48.2. The van der Waals surface area contributed by atoms with Gasteiger partial charge in [0.05, 0.1) is 24.7 Å². The molecule has 7 unspecified atom stereocenters. The number of halogens is 1. The Balaban J connectivity index is 0.000000211. The number of nitriles is 1. The Bertz CT molecular complexity index is 4730. The summed E-state index contributed by atoms with van der Waals surface area (Å²) in [6.07, 6.45) is 3.26. The number of nitrogens with two attached hydrogens (primary N) is 6. The first-order chi connectivity index (χ1) is 56.6. The van der Waals surface area contributed by atoms with Gasteiger partial charge in [-0.2, -0.15) is 5.26 Å². The number of carbonyl (C=O) groups is 8. The number of fused-ring (bicyclic) bond motifs is 4. The van der Waals surface area contributed by atoms with Gasteiger partial charge in [-0.15, -0.1) is 0 Å². The molecule has 0 aromatic heterocycles. The van der Waals surface area contributed by atoms with E-state index in [1.807, 2.05) is 182 Å². The third-order valence-corrected chi connectivity index (χ3v) is 19.8. The molecule has 0 saturated heterocycles. The summed E-state index contributed by atoms with van der Waals surface area (Å²) in [5, 5.41) is 20.7. The van der Waals surface area contributed by atoms with Crippen molar-refractivity contribution < 1.29 is 86.1 Å². The molecule has 4 heterocycles. The highest BCUT2D eigenvalue weighted by molar-refractivity contribution is 6.31. The lowest BCUT2D eigenvalue weighted by molar-refractivity contribution is -0.129. The number of benzene rings is 8. The number of aliphatic hydroxyl groups is 1. The predicted molar refractivity (Wildman–Crippen MR) is 453 cm³/mol. The summed E-state index contributed by atoms with van der Waals surface area (Å²) in [5.41, 5.74) is 40.9. The van der Waals surface area contributed by atoms with Crippen molar-refractivity contribution in [3.8, 4) is 57.8 Å². The summed E-state index contributed by atoms with van der Waals surface area (Å²) in [7, 11) is 5.19. The molecule has 5 aliphatic rings. The Morgan fingerprint density at radius 2 is 0.849 bits per heavy atom. The van der Waals surface area contributed by atoms with Crippen molar-refractivity contribution in [3.05, 3.63) is 231 Å². The molecule has 119 heavy (non-hydrogen) atoms. The maximum atomic E-state index is 11.6. The lowest BCUT2D eigenvalue weighted by atomic mass is 9.96. The number of amides is 8. The number of rotatable bonds is 25. The van der Waals surface area contributed by atoms with Gasteiger partial charge in [0.2, 0.25) is 67.6 Å². The first-order valence-corrected chi connectivity index (χ1v) is 39.4.